The van der Waals surface area contributed by atoms with Gasteiger partial charge in [0.2, 0.25) is 0 Å². The molecule has 1 aromatic rings. The van der Waals surface area contributed by atoms with Crippen molar-refractivity contribution in [1.82, 2.24) is 0 Å². The summed E-state index contributed by atoms with van der Waals surface area (Å²) in [5.74, 6) is -1.51. The molecule has 0 aliphatic heterocycles. The van der Waals surface area contributed by atoms with E-state index in [1.807, 2.05) is 0 Å². The van der Waals surface area contributed by atoms with Gasteiger partial charge in [0.1, 0.15) is 5.75 Å². The Morgan fingerprint density at radius 1 is 1.38 bits per heavy atom. The predicted octanol–water partition coefficient (Wildman–Crippen LogP) is 0.561. The molecule has 0 heterocycles. The van der Waals surface area contributed by atoms with Crippen molar-refractivity contribution in [3.63, 3.8) is 0 Å². The summed E-state index contributed by atoms with van der Waals surface area (Å²) in [6, 6.07) is 3.64. The lowest BCUT2D eigenvalue weighted by molar-refractivity contribution is -0.139. The van der Waals surface area contributed by atoms with E-state index in [9.17, 15) is 4.79 Å². The lowest BCUT2D eigenvalue weighted by Crippen LogP contribution is -2.09. The largest absolute Gasteiger partial charge is 0.508 e. The van der Waals surface area contributed by atoms with Gasteiger partial charge < -0.3 is 20.1 Å². The van der Waals surface area contributed by atoms with Crippen LogP contribution in [0, 0.1) is 0 Å². The summed E-state index contributed by atoms with van der Waals surface area (Å²) < 4.78 is 4.69. The number of hydrogen-bond donors (Lipinski definition) is 3. The van der Waals surface area contributed by atoms with E-state index < -0.39 is 12.6 Å². The fourth-order valence-corrected chi connectivity index (χ4v) is 0.767. The minimum Gasteiger partial charge on any atom is -0.508 e. The summed E-state index contributed by atoms with van der Waals surface area (Å²) in [5, 5.41) is 26.3. The molecule has 0 aromatic heterocycles. The van der Waals surface area contributed by atoms with Gasteiger partial charge >= 0.3 is 5.97 Å². The fraction of sp³-hybridized carbons (Fsp3) is 0.125. The molecule has 3 N–H and O–H groups in total. The van der Waals surface area contributed by atoms with E-state index in [4.69, 9.17) is 20.1 Å². The monoisotopic (exact) mass is 184 g/mol. The highest BCUT2D eigenvalue weighted by Gasteiger charge is 2.04. The summed E-state index contributed by atoms with van der Waals surface area (Å²) in [7, 11) is 0. The molecule has 0 unspecified atom stereocenters. The Hall–Kier alpha value is -1.91. The van der Waals surface area contributed by atoms with Crippen LogP contribution in [-0.2, 0) is 4.79 Å². The van der Waals surface area contributed by atoms with Gasteiger partial charge in [-0.2, -0.15) is 0 Å². The van der Waals surface area contributed by atoms with Crippen molar-refractivity contribution < 1.29 is 24.9 Å². The van der Waals surface area contributed by atoms with Gasteiger partial charge in [-0.15, -0.1) is 0 Å². The Labute approximate surface area is 73.8 Å². The average molecular weight is 184 g/mol. The number of phenols is 2. The highest BCUT2D eigenvalue weighted by molar-refractivity contribution is 5.68. The van der Waals surface area contributed by atoms with Gasteiger partial charge in [-0.05, 0) is 12.1 Å². The highest BCUT2D eigenvalue weighted by Crippen LogP contribution is 2.29. The molecular weight excluding hydrogens is 176 g/mol. The number of carboxylic acids is 1. The van der Waals surface area contributed by atoms with Gasteiger partial charge in [-0.3, -0.25) is 0 Å². The summed E-state index contributed by atoms with van der Waals surface area (Å²) in [5.41, 5.74) is 0. The van der Waals surface area contributed by atoms with Gasteiger partial charge in [0.25, 0.3) is 0 Å². The van der Waals surface area contributed by atoms with Crippen LogP contribution < -0.4 is 4.74 Å². The fourth-order valence-electron chi connectivity index (χ4n) is 0.767. The van der Waals surface area contributed by atoms with Crippen molar-refractivity contribution in [1.29, 1.82) is 0 Å². The lowest BCUT2D eigenvalue weighted by atomic mass is 10.3. The molecule has 0 spiro atoms. The molecule has 0 aliphatic carbocycles. The van der Waals surface area contributed by atoms with Gasteiger partial charge in [0.15, 0.2) is 18.1 Å². The molecule has 0 aliphatic rings. The quantitative estimate of drug-likeness (QED) is 0.638. The summed E-state index contributed by atoms with van der Waals surface area (Å²) in [6.45, 7) is -0.529. The van der Waals surface area contributed by atoms with Crippen LogP contribution in [0.5, 0.6) is 17.2 Å². The third-order valence-electron chi connectivity index (χ3n) is 1.29. The zero-order valence-corrected chi connectivity index (χ0v) is 6.60. The first-order valence-corrected chi connectivity index (χ1v) is 3.46. The van der Waals surface area contributed by atoms with Crippen LogP contribution in [0.25, 0.3) is 0 Å². The van der Waals surface area contributed by atoms with E-state index in [1.54, 1.807) is 0 Å². The van der Waals surface area contributed by atoms with Crippen molar-refractivity contribution in [2.24, 2.45) is 0 Å². The van der Waals surface area contributed by atoms with Crippen molar-refractivity contribution >= 4 is 5.97 Å². The molecule has 5 nitrogen and oxygen atoms in total. The molecule has 13 heavy (non-hydrogen) atoms. The molecule has 0 saturated carbocycles. The molecule has 0 amide bonds. The van der Waals surface area contributed by atoms with Crippen molar-refractivity contribution in [3.05, 3.63) is 18.2 Å². The zero-order chi connectivity index (χ0) is 9.84. The summed E-state index contributed by atoms with van der Waals surface area (Å²) >= 11 is 0. The molecule has 0 bridgehead atoms. The van der Waals surface area contributed by atoms with Crippen molar-refractivity contribution in [3.8, 4) is 17.2 Å². The predicted molar refractivity (Wildman–Crippen MR) is 42.9 cm³/mol. The Morgan fingerprint density at radius 3 is 2.62 bits per heavy atom. The van der Waals surface area contributed by atoms with Gasteiger partial charge in [0.05, 0.1) is 0 Å². The first-order chi connectivity index (χ1) is 6.09. The van der Waals surface area contributed by atoms with Gasteiger partial charge in [-0.1, -0.05) is 0 Å². The number of carbonyl (C=O) groups is 1. The first kappa shape index (κ1) is 9.18. The van der Waals surface area contributed by atoms with Crippen LogP contribution in [0.15, 0.2) is 18.2 Å². The second-order valence-electron chi connectivity index (χ2n) is 2.33. The third-order valence-corrected chi connectivity index (χ3v) is 1.29. The zero-order valence-electron chi connectivity index (χ0n) is 6.60. The first-order valence-electron chi connectivity index (χ1n) is 3.46. The maximum Gasteiger partial charge on any atom is 0.341 e. The number of benzene rings is 1. The number of carboxylic acid groups (broad SMARTS) is 1. The van der Waals surface area contributed by atoms with Crippen LogP contribution in [0.4, 0.5) is 0 Å². The molecule has 0 saturated heterocycles. The Balaban J connectivity index is 2.72. The second-order valence-corrected chi connectivity index (χ2v) is 2.33. The summed E-state index contributed by atoms with van der Waals surface area (Å²) in [6.07, 6.45) is 0. The molecular formula is C8H8O5. The maximum atomic E-state index is 10.1. The normalized spacial score (nSPS) is 9.54. The van der Waals surface area contributed by atoms with E-state index in [0.29, 0.717) is 0 Å². The smallest absolute Gasteiger partial charge is 0.341 e. The van der Waals surface area contributed by atoms with Crippen LogP contribution >= 0.6 is 0 Å². The Bertz CT molecular complexity index is 320. The van der Waals surface area contributed by atoms with E-state index in [-0.39, 0.29) is 17.2 Å². The van der Waals surface area contributed by atoms with Crippen LogP contribution in [0.1, 0.15) is 0 Å². The standard InChI is InChI=1S/C8H8O5/c9-5-1-2-7(6(10)3-5)13-4-8(11)12/h1-3,9-10H,4H2,(H,11,12). The van der Waals surface area contributed by atoms with E-state index in [0.717, 1.165) is 6.07 Å². The number of hydrogen-bond acceptors (Lipinski definition) is 4. The van der Waals surface area contributed by atoms with E-state index in [2.05, 4.69) is 0 Å². The van der Waals surface area contributed by atoms with E-state index >= 15 is 0 Å². The molecule has 0 radical (unpaired) electrons. The molecule has 0 atom stereocenters. The number of aromatic hydroxyl groups is 2. The average Bonchev–Trinajstić information content (AvgIpc) is 2.02. The molecule has 5 heteroatoms. The van der Waals surface area contributed by atoms with Crippen LogP contribution in [0.3, 0.4) is 0 Å². The minimum absolute atomic E-state index is 0.0280. The minimum atomic E-state index is -1.13. The van der Waals surface area contributed by atoms with Crippen molar-refractivity contribution in [2.45, 2.75) is 0 Å². The number of phenolic OH excluding ortho intramolecular Hbond substituents is 2. The highest BCUT2D eigenvalue weighted by atomic mass is 16.5. The third kappa shape index (κ3) is 2.55. The molecule has 0 fully saturated rings. The number of rotatable bonds is 3. The van der Waals surface area contributed by atoms with Gasteiger partial charge in [-0.25, -0.2) is 4.79 Å². The van der Waals surface area contributed by atoms with Crippen LogP contribution in [0.2, 0.25) is 0 Å². The van der Waals surface area contributed by atoms with Crippen LogP contribution in [-0.4, -0.2) is 27.9 Å². The second kappa shape index (κ2) is 3.66. The molecule has 1 rings (SSSR count). The summed E-state index contributed by atoms with van der Waals surface area (Å²) in [4.78, 5) is 10.1. The number of aliphatic carboxylic acids is 1. The SMILES string of the molecule is O=C(O)COc1ccc(O)cc1O. The van der Waals surface area contributed by atoms with Gasteiger partial charge in [0, 0.05) is 6.07 Å². The topological polar surface area (TPSA) is 87.0 Å². The maximum absolute atomic E-state index is 10.1. The number of ether oxygens (including phenoxy) is 1. The van der Waals surface area contributed by atoms with Crippen molar-refractivity contribution in [2.75, 3.05) is 6.61 Å². The van der Waals surface area contributed by atoms with E-state index in [1.165, 1.54) is 12.1 Å². The lowest BCUT2D eigenvalue weighted by Gasteiger charge is -2.04. The molecule has 70 valence electrons. The molecule has 1 aromatic carbocycles. The Morgan fingerprint density at radius 2 is 2.08 bits per heavy atom. The Kier molecular flexibility index (Phi) is 2.59.